The van der Waals surface area contributed by atoms with Crippen LogP contribution in [0.4, 0.5) is 4.39 Å². The molecule has 2 amide bonds. The van der Waals surface area contributed by atoms with E-state index in [1.165, 1.54) is 10.7 Å². The molecule has 8 heteroatoms. The zero-order valence-electron chi connectivity index (χ0n) is 20.5. The molecule has 0 unspecified atom stereocenters. The molecule has 0 atom stereocenters. The summed E-state index contributed by atoms with van der Waals surface area (Å²) in [5.41, 5.74) is 1.26. The van der Waals surface area contributed by atoms with Crippen molar-refractivity contribution in [1.82, 2.24) is 19.6 Å². The molecule has 0 spiro atoms. The number of carbonyl (C=O) groups excluding carboxylic acids is 2. The molecule has 0 N–H and O–H groups in total. The van der Waals surface area contributed by atoms with Gasteiger partial charge in [0.25, 0.3) is 11.5 Å². The molecule has 0 bridgehead atoms. The van der Waals surface area contributed by atoms with Crippen LogP contribution in [0, 0.1) is 11.7 Å². The van der Waals surface area contributed by atoms with E-state index in [2.05, 4.69) is 5.10 Å². The van der Waals surface area contributed by atoms with E-state index in [1.54, 1.807) is 36.2 Å². The van der Waals surface area contributed by atoms with Gasteiger partial charge in [-0.25, -0.2) is 9.07 Å². The van der Waals surface area contributed by atoms with Crippen LogP contribution in [0.25, 0.3) is 10.8 Å². The topological polar surface area (TPSA) is 75.5 Å². The SMILES string of the molecule is CC.Cn1nc(Cc2ccc(F)c(C(=O)N3CCN(C(=O)C4CC4)CC3)c2)c2ccccc2c1=O. The third-order valence-corrected chi connectivity index (χ3v) is 6.47. The molecule has 35 heavy (non-hydrogen) atoms. The van der Waals surface area contributed by atoms with Gasteiger partial charge in [-0.3, -0.25) is 14.4 Å². The molecule has 1 aliphatic heterocycles. The van der Waals surface area contributed by atoms with E-state index in [4.69, 9.17) is 0 Å². The second kappa shape index (κ2) is 10.4. The van der Waals surface area contributed by atoms with Crippen molar-refractivity contribution >= 4 is 22.6 Å². The average Bonchev–Trinajstić information content (AvgIpc) is 3.74. The highest BCUT2D eigenvalue weighted by Gasteiger charge is 2.35. The van der Waals surface area contributed by atoms with E-state index >= 15 is 0 Å². The highest BCUT2D eigenvalue weighted by atomic mass is 19.1. The van der Waals surface area contributed by atoms with E-state index in [0.29, 0.717) is 43.7 Å². The van der Waals surface area contributed by atoms with Crippen molar-refractivity contribution in [3.63, 3.8) is 0 Å². The summed E-state index contributed by atoms with van der Waals surface area (Å²) in [6, 6.07) is 11.8. The Morgan fingerprint density at radius 3 is 2.26 bits per heavy atom. The van der Waals surface area contributed by atoms with Crippen LogP contribution in [0.5, 0.6) is 0 Å². The Hall–Kier alpha value is -3.55. The molecule has 2 fully saturated rings. The zero-order valence-corrected chi connectivity index (χ0v) is 20.5. The number of benzene rings is 2. The van der Waals surface area contributed by atoms with Gasteiger partial charge >= 0.3 is 0 Å². The maximum absolute atomic E-state index is 14.6. The van der Waals surface area contributed by atoms with Crippen molar-refractivity contribution in [3.8, 4) is 0 Å². The van der Waals surface area contributed by atoms with Gasteiger partial charge < -0.3 is 9.80 Å². The Kier molecular flexibility index (Phi) is 7.28. The molecule has 2 aromatic carbocycles. The number of aryl methyl sites for hydroxylation is 1. The lowest BCUT2D eigenvalue weighted by Crippen LogP contribution is -2.51. The third kappa shape index (κ3) is 5.11. The van der Waals surface area contributed by atoms with Gasteiger partial charge in [0.15, 0.2) is 0 Å². The molecule has 1 aliphatic carbocycles. The molecule has 7 nitrogen and oxygen atoms in total. The van der Waals surface area contributed by atoms with Crippen LogP contribution in [0.3, 0.4) is 0 Å². The van der Waals surface area contributed by atoms with Gasteiger partial charge in [-0.2, -0.15) is 5.10 Å². The van der Waals surface area contributed by atoms with Crippen molar-refractivity contribution in [2.75, 3.05) is 26.2 Å². The Morgan fingerprint density at radius 2 is 1.60 bits per heavy atom. The van der Waals surface area contributed by atoms with E-state index in [9.17, 15) is 18.8 Å². The summed E-state index contributed by atoms with van der Waals surface area (Å²) in [6.07, 6.45) is 2.27. The number of nitrogens with zero attached hydrogens (tertiary/aromatic N) is 4. The maximum atomic E-state index is 14.6. The Bertz CT molecular complexity index is 1310. The summed E-state index contributed by atoms with van der Waals surface area (Å²) in [4.78, 5) is 41.1. The number of carbonyl (C=O) groups is 2. The minimum Gasteiger partial charge on any atom is -0.339 e. The van der Waals surface area contributed by atoms with E-state index in [1.807, 2.05) is 30.9 Å². The summed E-state index contributed by atoms with van der Waals surface area (Å²) in [5, 5.41) is 5.72. The third-order valence-electron chi connectivity index (χ3n) is 6.47. The van der Waals surface area contributed by atoms with Crippen molar-refractivity contribution in [3.05, 3.63) is 75.5 Å². The summed E-state index contributed by atoms with van der Waals surface area (Å²) < 4.78 is 15.9. The number of rotatable bonds is 4. The number of piperazine rings is 1. The van der Waals surface area contributed by atoms with E-state index < -0.39 is 5.82 Å². The number of hydrogen-bond donors (Lipinski definition) is 0. The van der Waals surface area contributed by atoms with Crippen LogP contribution < -0.4 is 5.56 Å². The van der Waals surface area contributed by atoms with Crippen LogP contribution >= 0.6 is 0 Å². The summed E-state index contributed by atoms with van der Waals surface area (Å²) in [7, 11) is 1.60. The van der Waals surface area contributed by atoms with Gasteiger partial charge in [-0.1, -0.05) is 38.1 Å². The Morgan fingerprint density at radius 1 is 0.971 bits per heavy atom. The van der Waals surface area contributed by atoms with Gasteiger partial charge in [0.05, 0.1) is 16.6 Å². The average molecular weight is 479 g/mol. The van der Waals surface area contributed by atoms with Crippen LogP contribution in [0.1, 0.15) is 48.3 Å². The first-order valence-electron chi connectivity index (χ1n) is 12.2. The van der Waals surface area contributed by atoms with Crippen molar-refractivity contribution < 1.29 is 14.0 Å². The molecule has 1 saturated heterocycles. The van der Waals surface area contributed by atoms with E-state index in [0.717, 1.165) is 23.8 Å². The minimum atomic E-state index is -0.571. The van der Waals surface area contributed by atoms with Crippen LogP contribution in [0.15, 0.2) is 47.3 Å². The molecule has 2 heterocycles. The van der Waals surface area contributed by atoms with Crippen molar-refractivity contribution in [2.45, 2.75) is 33.1 Å². The maximum Gasteiger partial charge on any atom is 0.274 e. The van der Waals surface area contributed by atoms with Gasteiger partial charge in [-0.15, -0.1) is 0 Å². The van der Waals surface area contributed by atoms with Gasteiger partial charge in [0.1, 0.15) is 5.82 Å². The summed E-state index contributed by atoms with van der Waals surface area (Å²) in [6.45, 7) is 5.76. The number of fused-ring (bicyclic) bond motifs is 1. The minimum absolute atomic E-state index is 0.0172. The van der Waals surface area contributed by atoms with Gasteiger partial charge in [0, 0.05) is 51.0 Å². The molecule has 184 valence electrons. The summed E-state index contributed by atoms with van der Waals surface area (Å²) in [5.74, 6) is -0.611. The van der Waals surface area contributed by atoms with Crippen LogP contribution in [0.2, 0.25) is 0 Å². The number of halogens is 1. The second-order valence-corrected chi connectivity index (χ2v) is 8.80. The standard InChI is InChI=1S/C25H25FN4O3.C2H6/c1-28-24(32)19-5-3-2-4-18(19)22(27-28)15-16-6-9-21(26)20(14-16)25(33)30-12-10-29(11-13-30)23(31)17-7-8-17;1-2/h2-6,9,14,17H,7-8,10-13,15H2,1H3;1-2H3. The highest BCUT2D eigenvalue weighted by Crippen LogP contribution is 2.31. The molecule has 1 saturated carbocycles. The molecule has 1 aromatic heterocycles. The second-order valence-electron chi connectivity index (χ2n) is 8.80. The van der Waals surface area contributed by atoms with Crippen molar-refractivity contribution in [1.29, 1.82) is 0 Å². The lowest BCUT2D eigenvalue weighted by Gasteiger charge is -2.35. The normalized spacial score (nSPS) is 15.5. The first kappa shape index (κ1) is 24.6. The molecule has 2 aliphatic rings. The molecule has 0 radical (unpaired) electrons. The monoisotopic (exact) mass is 478 g/mol. The van der Waals surface area contributed by atoms with Crippen LogP contribution in [-0.2, 0) is 18.3 Å². The largest absolute Gasteiger partial charge is 0.339 e. The lowest BCUT2D eigenvalue weighted by atomic mass is 10.0. The van der Waals surface area contributed by atoms with Gasteiger partial charge in [-0.05, 0) is 36.6 Å². The first-order valence-corrected chi connectivity index (χ1v) is 12.2. The number of hydrogen-bond acceptors (Lipinski definition) is 4. The van der Waals surface area contributed by atoms with Crippen LogP contribution in [-0.4, -0.2) is 57.6 Å². The number of amides is 2. The molecule has 5 rings (SSSR count). The lowest BCUT2D eigenvalue weighted by molar-refractivity contribution is -0.134. The fraction of sp³-hybridized carbons (Fsp3) is 0.407. The predicted octanol–water partition coefficient (Wildman–Crippen LogP) is 3.38. The predicted molar refractivity (Wildman–Crippen MR) is 133 cm³/mol. The fourth-order valence-corrected chi connectivity index (χ4v) is 4.43. The fourth-order valence-electron chi connectivity index (χ4n) is 4.43. The summed E-state index contributed by atoms with van der Waals surface area (Å²) >= 11 is 0. The smallest absolute Gasteiger partial charge is 0.274 e. The van der Waals surface area contributed by atoms with E-state index in [-0.39, 0.29) is 28.9 Å². The molecular formula is C27H31FN4O3. The Labute approximate surface area is 204 Å². The highest BCUT2D eigenvalue weighted by molar-refractivity contribution is 5.95. The zero-order chi connectivity index (χ0) is 25.1. The molecule has 3 aromatic rings. The first-order chi connectivity index (χ1) is 16.9. The van der Waals surface area contributed by atoms with Gasteiger partial charge in [0.2, 0.25) is 5.91 Å². The quantitative estimate of drug-likeness (QED) is 0.576. The number of aromatic nitrogens is 2. The van der Waals surface area contributed by atoms with Crippen molar-refractivity contribution in [2.24, 2.45) is 13.0 Å². The Balaban J connectivity index is 0.00000141. The molecular weight excluding hydrogens is 447 g/mol.